The lowest BCUT2D eigenvalue weighted by Crippen LogP contribution is -2.10. The normalized spacial score (nSPS) is 20.9. The largest absolute Gasteiger partial charge is 0.370 e. The SMILES string of the molecule is CCCCCCCCCCC1(CCCCCCCC)CO1. The van der Waals surface area contributed by atoms with Gasteiger partial charge in [-0.1, -0.05) is 104 Å². The van der Waals surface area contributed by atoms with Crippen LogP contribution in [0.3, 0.4) is 0 Å². The van der Waals surface area contributed by atoms with Crippen molar-refractivity contribution in [3.63, 3.8) is 0 Å². The van der Waals surface area contributed by atoms with Crippen LogP contribution in [0.25, 0.3) is 0 Å². The highest BCUT2D eigenvalue weighted by Gasteiger charge is 2.42. The highest BCUT2D eigenvalue weighted by Crippen LogP contribution is 2.38. The summed E-state index contributed by atoms with van der Waals surface area (Å²) in [5, 5.41) is 0. The summed E-state index contributed by atoms with van der Waals surface area (Å²) in [7, 11) is 0. The molecule has 1 unspecified atom stereocenters. The van der Waals surface area contributed by atoms with Crippen molar-refractivity contribution in [2.75, 3.05) is 6.61 Å². The monoisotopic (exact) mass is 296 g/mol. The summed E-state index contributed by atoms with van der Waals surface area (Å²) in [5.41, 5.74) is 0.340. The van der Waals surface area contributed by atoms with Crippen LogP contribution in [0.5, 0.6) is 0 Å². The molecule has 1 heterocycles. The van der Waals surface area contributed by atoms with E-state index in [2.05, 4.69) is 13.8 Å². The van der Waals surface area contributed by atoms with Crippen molar-refractivity contribution in [3.05, 3.63) is 0 Å². The van der Waals surface area contributed by atoms with Crippen LogP contribution >= 0.6 is 0 Å². The first kappa shape index (κ1) is 19.0. The molecule has 0 aliphatic carbocycles. The van der Waals surface area contributed by atoms with E-state index in [4.69, 9.17) is 4.74 Å². The summed E-state index contributed by atoms with van der Waals surface area (Å²) in [6.07, 6.45) is 22.5. The predicted octanol–water partition coefficient (Wildman–Crippen LogP) is 7.04. The number of unbranched alkanes of at least 4 members (excludes halogenated alkanes) is 12. The Bertz CT molecular complexity index is 220. The summed E-state index contributed by atoms with van der Waals surface area (Å²) in [6.45, 7) is 5.63. The van der Waals surface area contributed by atoms with Gasteiger partial charge in [-0.25, -0.2) is 0 Å². The van der Waals surface area contributed by atoms with Crippen LogP contribution in [0, 0.1) is 0 Å². The van der Waals surface area contributed by atoms with Gasteiger partial charge < -0.3 is 4.74 Å². The molecule has 1 nitrogen and oxygen atoms in total. The zero-order valence-electron chi connectivity index (χ0n) is 14.9. The molecule has 0 saturated carbocycles. The van der Waals surface area contributed by atoms with E-state index >= 15 is 0 Å². The lowest BCUT2D eigenvalue weighted by Gasteiger charge is -2.11. The van der Waals surface area contributed by atoms with Crippen molar-refractivity contribution in [3.8, 4) is 0 Å². The van der Waals surface area contributed by atoms with E-state index in [0.29, 0.717) is 5.60 Å². The molecule has 1 atom stereocenters. The highest BCUT2D eigenvalue weighted by molar-refractivity contribution is 4.91. The Labute approximate surface area is 134 Å². The molecule has 0 radical (unpaired) electrons. The van der Waals surface area contributed by atoms with E-state index < -0.39 is 0 Å². The average Bonchev–Trinajstić information content (AvgIpc) is 3.26. The van der Waals surface area contributed by atoms with Gasteiger partial charge in [-0.2, -0.15) is 0 Å². The molecule has 0 N–H and O–H groups in total. The summed E-state index contributed by atoms with van der Waals surface area (Å²) < 4.78 is 5.78. The summed E-state index contributed by atoms with van der Waals surface area (Å²) in [6, 6.07) is 0. The van der Waals surface area contributed by atoms with Crippen LogP contribution in [0.1, 0.15) is 117 Å². The molecule has 1 heteroatoms. The van der Waals surface area contributed by atoms with E-state index in [-0.39, 0.29) is 0 Å². The quantitative estimate of drug-likeness (QED) is 0.220. The van der Waals surface area contributed by atoms with Gasteiger partial charge in [0.1, 0.15) is 0 Å². The zero-order chi connectivity index (χ0) is 15.2. The first-order chi connectivity index (χ1) is 10.3. The minimum Gasteiger partial charge on any atom is -0.370 e. The van der Waals surface area contributed by atoms with E-state index in [0.717, 1.165) is 6.61 Å². The summed E-state index contributed by atoms with van der Waals surface area (Å²) >= 11 is 0. The standard InChI is InChI=1S/C20H40O/c1-3-5-7-9-11-12-14-16-18-20(19-21-20)17-15-13-10-8-6-4-2/h3-19H2,1-2H3. The van der Waals surface area contributed by atoms with E-state index in [9.17, 15) is 0 Å². The molecule has 0 aromatic heterocycles. The molecule has 1 saturated heterocycles. The van der Waals surface area contributed by atoms with Gasteiger partial charge >= 0.3 is 0 Å². The molecule has 126 valence electrons. The van der Waals surface area contributed by atoms with Crippen molar-refractivity contribution in [1.29, 1.82) is 0 Å². The van der Waals surface area contributed by atoms with Gasteiger partial charge in [0, 0.05) is 0 Å². The number of epoxide rings is 1. The van der Waals surface area contributed by atoms with Gasteiger partial charge in [0.2, 0.25) is 0 Å². The van der Waals surface area contributed by atoms with Crippen LogP contribution in [0.2, 0.25) is 0 Å². The number of hydrogen-bond donors (Lipinski definition) is 0. The second kappa shape index (κ2) is 12.5. The first-order valence-corrected chi connectivity index (χ1v) is 9.97. The van der Waals surface area contributed by atoms with Gasteiger partial charge in [-0.3, -0.25) is 0 Å². The van der Waals surface area contributed by atoms with Crippen molar-refractivity contribution >= 4 is 0 Å². The Morgan fingerprint density at radius 2 is 0.905 bits per heavy atom. The third-order valence-corrected chi connectivity index (χ3v) is 5.02. The fourth-order valence-electron chi connectivity index (χ4n) is 3.32. The maximum Gasteiger partial charge on any atom is 0.0916 e. The van der Waals surface area contributed by atoms with E-state index in [1.54, 1.807) is 0 Å². The molecule has 0 spiro atoms. The van der Waals surface area contributed by atoms with Crippen LogP contribution in [0.4, 0.5) is 0 Å². The second-order valence-corrected chi connectivity index (χ2v) is 7.21. The molecule has 0 amide bonds. The molecule has 21 heavy (non-hydrogen) atoms. The fourth-order valence-corrected chi connectivity index (χ4v) is 3.32. The van der Waals surface area contributed by atoms with Gasteiger partial charge in [0.25, 0.3) is 0 Å². The smallest absolute Gasteiger partial charge is 0.0916 e. The third-order valence-electron chi connectivity index (χ3n) is 5.02. The van der Waals surface area contributed by atoms with E-state index in [1.807, 2.05) is 0 Å². The number of ether oxygens (including phenoxy) is 1. The van der Waals surface area contributed by atoms with Gasteiger partial charge in [-0.05, 0) is 12.8 Å². The molecule has 0 aromatic rings. The van der Waals surface area contributed by atoms with Gasteiger partial charge in [0.15, 0.2) is 0 Å². The average molecular weight is 297 g/mol. The highest BCUT2D eigenvalue weighted by atomic mass is 16.6. The first-order valence-electron chi connectivity index (χ1n) is 9.97. The molecule has 1 aliphatic rings. The van der Waals surface area contributed by atoms with Crippen molar-refractivity contribution < 1.29 is 4.74 Å². The number of hydrogen-bond acceptors (Lipinski definition) is 1. The number of rotatable bonds is 16. The van der Waals surface area contributed by atoms with E-state index in [1.165, 1.54) is 103 Å². The Hall–Kier alpha value is -0.0400. The summed E-state index contributed by atoms with van der Waals surface area (Å²) in [5.74, 6) is 0. The molecule has 1 fully saturated rings. The maximum atomic E-state index is 5.78. The third kappa shape index (κ3) is 10.3. The molecular formula is C20H40O. The maximum absolute atomic E-state index is 5.78. The van der Waals surface area contributed by atoms with Crippen LogP contribution in [0.15, 0.2) is 0 Å². The predicted molar refractivity (Wildman–Crippen MR) is 93.9 cm³/mol. The van der Waals surface area contributed by atoms with Crippen molar-refractivity contribution in [2.24, 2.45) is 0 Å². The minimum atomic E-state index is 0.340. The zero-order valence-corrected chi connectivity index (χ0v) is 14.9. The Morgan fingerprint density at radius 3 is 1.24 bits per heavy atom. The molecule has 1 rings (SSSR count). The molecule has 0 bridgehead atoms. The molecule has 0 aromatic carbocycles. The van der Waals surface area contributed by atoms with Gasteiger partial charge in [-0.15, -0.1) is 0 Å². The van der Waals surface area contributed by atoms with Crippen LogP contribution in [-0.2, 0) is 4.74 Å². The molecular weight excluding hydrogens is 256 g/mol. The summed E-state index contributed by atoms with van der Waals surface area (Å²) in [4.78, 5) is 0. The topological polar surface area (TPSA) is 12.5 Å². The fraction of sp³-hybridized carbons (Fsp3) is 1.00. The lowest BCUT2D eigenvalue weighted by molar-refractivity contribution is 0.260. The lowest BCUT2D eigenvalue weighted by atomic mass is 9.94. The Kier molecular flexibility index (Phi) is 11.3. The van der Waals surface area contributed by atoms with Crippen molar-refractivity contribution in [1.82, 2.24) is 0 Å². The molecule has 1 aliphatic heterocycles. The van der Waals surface area contributed by atoms with Crippen LogP contribution in [-0.4, -0.2) is 12.2 Å². The Balaban J connectivity index is 1.85. The second-order valence-electron chi connectivity index (χ2n) is 7.21. The van der Waals surface area contributed by atoms with Crippen molar-refractivity contribution in [2.45, 2.75) is 122 Å². The van der Waals surface area contributed by atoms with Crippen LogP contribution < -0.4 is 0 Å². The minimum absolute atomic E-state index is 0.340. The Morgan fingerprint density at radius 1 is 0.571 bits per heavy atom. The van der Waals surface area contributed by atoms with Gasteiger partial charge in [0.05, 0.1) is 12.2 Å².